The molecule has 0 spiro atoms. The minimum Gasteiger partial charge on any atom is -0.497 e. The van der Waals surface area contributed by atoms with Crippen molar-refractivity contribution in [2.45, 2.75) is 0 Å². The van der Waals surface area contributed by atoms with Crippen molar-refractivity contribution in [2.24, 2.45) is 0 Å². The van der Waals surface area contributed by atoms with Crippen molar-refractivity contribution in [3.63, 3.8) is 0 Å². The summed E-state index contributed by atoms with van der Waals surface area (Å²) in [6, 6.07) is 11.6. The topological polar surface area (TPSA) is 53.1 Å². The van der Waals surface area contributed by atoms with Crippen LogP contribution in [0.15, 0.2) is 42.6 Å². The van der Waals surface area contributed by atoms with Gasteiger partial charge in [0.2, 0.25) is 0 Å². The molecule has 0 saturated heterocycles. The van der Waals surface area contributed by atoms with Gasteiger partial charge in [0.15, 0.2) is 0 Å². The first-order chi connectivity index (χ1) is 13.6. The fourth-order valence-corrected chi connectivity index (χ4v) is 2.97. The predicted molar refractivity (Wildman–Crippen MR) is 111 cm³/mol. The molecule has 0 aliphatic heterocycles. The van der Waals surface area contributed by atoms with E-state index in [1.165, 1.54) is 0 Å². The van der Waals surface area contributed by atoms with Crippen molar-refractivity contribution in [2.75, 3.05) is 48.6 Å². The summed E-state index contributed by atoms with van der Waals surface area (Å²) in [5.74, 6) is 2.90. The lowest BCUT2D eigenvalue weighted by atomic mass is 10.0. The Morgan fingerprint density at radius 3 is 2.21 bits per heavy atom. The SMILES string of the molecule is COc1ccc(-c2cnc3cc(OC)cc(OC)c3c2OCCN(C)C)cc1. The second kappa shape index (κ2) is 8.80. The Morgan fingerprint density at radius 2 is 1.61 bits per heavy atom. The van der Waals surface area contributed by atoms with Gasteiger partial charge in [0.25, 0.3) is 0 Å². The number of likely N-dealkylation sites (N-methyl/N-ethyl adjacent to an activating group) is 1. The van der Waals surface area contributed by atoms with Crippen LogP contribution in [0.2, 0.25) is 0 Å². The fraction of sp³-hybridized carbons (Fsp3) is 0.318. The number of nitrogens with zero attached hydrogens (tertiary/aromatic N) is 2. The smallest absolute Gasteiger partial charge is 0.141 e. The number of methoxy groups -OCH3 is 3. The first kappa shape index (κ1) is 19.8. The average Bonchev–Trinajstić information content (AvgIpc) is 2.72. The van der Waals surface area contributed by atoms with E-state index in [9.17, 15) is 0 Å². The minimum absolute atomic E-state index is 0.546. The summed E-state index contributed by atoms with van der Waals surface area (Å²) < 4.78 is 22.5. The molecule has 0 saturated carbocycles. The van der Waals surface area contributed by atoms with Gasteiger partial charge in [-0.1, -0.05) is 12.1 Å². The van der Waals surface area contributed by atoms with Gasteiger partial charge in [-0.15, -0.1) is 0 Å². The zero-order chi connectivity index (χ0) is 20.1. The van der Waals surface area contributed by atoms with Crippen molar-refractivity contribution in [1.82, 2.24) is 9.88 Å². The zero-order valence-electron chi connectivity index (χ0n) is 17.0. The van der Waals surface area contributed by atoms with E-state index in [4.69, 9.17) is 18.9 Å². The highest BCUT2D eigenvalue weighted by atomic mass is 16.5. The van der Waals surface area contributed by atoms with Crippen LogP contribution < -0.4 is 18.9 Å². The lowest BCUT2D eigenvalue weighted by molar-refractivity contribution is 0.264. The molecule has 6 heteroatoms. The molecular weight excluding hydrogens is 356 g/mol. The number of rotatable bonds is 8. The molecule has 0 bridgehead atoms. The standard InChI is InChI=1S/C22H26N2O4/c1-24(2)10-11-28-22-18(15-6-8-16(25-3)9-7-15)14-23-19-12-17(26-4)13-20(27-5)21(19)22/h6-9,12-14H,10-11H2,1-5H3. The van der Waals surface area contributed by atoms with Gasteiger partial charge in [-0.05, 0) is 31.8 Å². The minimum atomic E-state index is 0.546. The van der Waals surface area contributed by atoms with E-state index >= 15 is 0 Å². The van der Waals surface area contributed by atoms with Crippen LogP contribution in [0.1, 0.15) is 0 Å². The summed E-state index contributed by atoms with van der Waals surface area (Å²) in [5, 5.41) is 0.829. The van der Waals surface area contributed by atoms with Gasteiger partial charge < -0.3 is 23.8 Å². The number of aromatic nitrogens is 1. The quantitative estimate of drug-likeness (QED) is 0.590. The van der Waals surface area contributed by atoms with Crippen molar-refractivity contribution in [1.29, 1.82) is 0 Å². The molecule has 0 fully saturated rings. The van der Waals surface area contributed by atoms with Gasteiger partial charge in [-0.3, -0.25) is 4.98 Å². The zero-order valence-corrected chi connectivity index (χ0v) is 17.0. The Kier molecular flexibility index (Phi) is 6.21. The summed E-state index contributed by atoms with van der Waals surface area (Å²) in [5.41, 5.74) is 2.65. The van der Waals surface area contributed by atoms with Gasteiger partial charge in [0.05, 0.1) is 32.2 Å². The molecule has 1 aromatic heterocycles. The highest BCUT2D eigenvalue weighted by molar-refractivity contribution is 5.97. The molecule has 0 aliphatic rings. The lowest BCUT2D eigenvalue weighted by Crippen LogP contribution is -2.19. The van der Waals surface area contributed by atoms with E-state index in [-0.39, 0.29) is 0 Å². The molecule has 1 heterocycles. The van der Waals surface area contributed by atoms with E-state index < -0.39 is 0 Å². The molecule has 28 heavy (non-hydrogen) atoms. The predicted octanol–water partition coefficient (Wildman–Crippen LogP) is 3.87. The Morgan fingerprint density at radius 1 is 0.893 bits per heavy atom. The number of fused-ring (bicyclic) bond motifs is 1. The lowest BCUT2D eigenvalue weighted by Gasteiger charge is -2.18. The monoisotopic (exact) mass is 382 g/mol. The molecule has 0 amide bonds. The number of ether oxygens (including phenoxy) is 4. The van der Waals surface area contributed by atoms with E-state index in [0.29, 0.717) is 18.1 Å². The van der Waals surface area contributed by atoms with Crippen LogP contribution in [-0.4, -0.2) is 58.5 Å². The molecule has 3 rings (SSSR count). The van der Waals surface area contributed by atoms with Gasteiger partial charge in [-0.25, -0.2) is 0 Å². The van der Waals surface area contributed by atoms with Crippen LogP contribution in [0, 0.1) is 0 Å². The molecule has 6 nitrogen and oxygen atoms in total. The number of benzene rings is 2. The van der Waals surface area contributed by atoms with E-state index in [2.05, 4.69) is 9.88 Å². The van der Waals surface area contributed by atoms with E-state index in [0.717, 1.165) is 40.1 Å². The largest absolute Gasteiger partial charge is 0.497 e. The van der Waals surface area contributed by atoms with E-state index in [1.807, 2.05) is 56.7 Å². The van der Waals surface area contributed by atoms with E-state index in [1.54, 1.807) is 21.3 Å². The summed E-state index contributed by atoms with van der Waals surface area (Å²) >= 11 is 0. The third-order valence-electron chi connectivity index (χ3n) is 4.50. The van der Waals surface area contributed by atoms with Gasteiger partial charge in [0.1, 0.15) is 29.6 Å². The van der Waals surface area contributed by atoms with Crippen LogP contribution in [0.25, 0.3) is 22.0 Å². The van der Waals surface area contributed by atoms with Crippen molar-refractivity contribution in [3.05, 3.63) is 42.6 Å². The molecule has 3 aromatic rings. The van der Waals surface area contributed by atoms with Crippen LogP contribution in [0.4, 0.5) is 0 Å². The number of hydrogen-bond donors (Lipinski definition) is 0. The Hall–Kier alpha value is -2.99. The molecule has 0 unspecified atom stereocenters. The number of pyridine rings is 1. The summed E-state index contributed by atoms with van der Waals surface area (Å²) in [6.07, 6.45) is 1.83. The van der Waals surface area contributed by atoms with Crippen LogP contribution in [0.3, 0.4) is 0 Å². The first-order valence-corrected chi connectivity index (χ1v) is 9.04. The molecule has 0 radical (unpaired) electrons. The third kappa shape index (κ3) is 4.12. The van der Waals surface area contributed by atoms with Crippen molar-refractivity contribution in [3.8, 4) is 34.1 Å². The number of hydrogen-bond acceptors (Lipinski definition) is 6. The van der Waals surface area contributed by atoms with Gasteiger partial charge >= 0.3 is 0 Å². The highest BCUT2D eigenvalue weighted by Crippen LogP contribution is 2.42. The molecule has 0 N–H and O–H groups in total. The molecule has 148 valence electrons. The maximum absolute atomic E-state index is 6.25. The molecule has 0 atom stereocenters. The third-order valence-corrected chi connectivity index (χ3v) is 4.50. The average molecular weight is 382 g/mol. The van der Waals surface area contributed by atoms with Crippen molar-refractivity contribution >= 4 is 10.9 Å². The summed E-state index contributed by atoms with van der Waals surface area (Å²) in [7, 11) is 8.95. The molecular formula is C22H26N2O4. The van der Waals surface area contributed by atoms with Crippen molar-refractivity contribution < 1.29 is 18.9 Å². The Balaban J connectivity index is 2.18. The normalized spacial score (nSPS) is 10.9. The second-order valence-electron chi connectivity index (χ2n) is 6.61. The summed E-state index contributed by atoms with van der Waals surface area (Å²) in [6.45, 7) is 1.34. The van der Waals surface area contributed by atoms with Crippen LogP contribution >= 0.6 is 0 Å². The summed E-state index contributed by atoms with van der Waals surface area (Å²) in [4.78, 5) is 6.72. The molecule has 0 aliphatic carbocycles. The highest BCUT2D eigenvalue weighted by Gasteiger charge is 2.18. The molecule has 2 aromatic carbocycles. The Bertz CT molecular complexity index is 939. The Labute approximate surface area is 165 Å². The second-order valence-corrected chi connectivity index (χ2v) is 6.61. The van der Waals surface area contributed by atoms with Gasteiger partial charge in [0, 0.05) is 30.4 Å². The van der Waals surface area contributed by atoms with Crippen LogP contribution in [-0.2, 0) is 0 Å². The van der Waals surface area contributed by atoms with Crippen LogP contribution in [0.5, 0.6) is 23.0 Å². The maximum atomic E-state index is 6.25. The first-order valence-electron chi connectivity index (χ1n) is 9.04. The van der Waals surface area contributed by atoms with Gasteiger partial charge in [-0.2, -0.15) is 0 Å². The fourth-order valence-electron chi connectivity index (χ4n) is 2.97. The maximum Gasteiger partial charge on any atom is 0.141 e.